The Labute approximate surface area is 152 Å². The van der Waals surface area contributed by atoms with Gasteiger partial charge < -0.3 is 14.4 Å². The third-order valence-corrected chi connectivity index (χ3v) is 4.42. The molecule has 2 aromatic rings. The summed E-state index contributed by atoms with van der Waals surface area (Å²) in [6.07, 6.45) is 3.08. The van der Waals surface area contributed by atoms with E-state index in [0.717, 1.165) is 35.8 Å². The van der Waals surface area contributed by atoms with Crippen LogP contribution in [-0.4, -0.2) is 48.4 Å². The van der Waals surface area contributed by atoms with Crippen molar-refractivity contribution in [3.05, 3.63) is 29.3 Å². The average molecular weight is 364 g/mol. The highest BCUT2D eigenvalue weighted by atomic mass is 32.1. The van der Waals surface area contributed by atoms with E-state index in [9.17, 15) is 4.79 Å². The fourth-order valence-electron chi connectivity index (χ4n) is 1.99. The van der Waals surface area contributed by atoms with Crippen LogP contribution in [0, 0.1) is 0 Å². The lowest BCUT2D eigenvalue weighted by Gasteiger charge is -2.17. The van der Waals surface area contributed by atoms with Gasteiger partial charge in [-0.25, -0.2) is 4.79 Å². The van der Waals surface area contributed by atoms with E-state index >= 15 is 0 Å². The van der Waals surface area contributed by atoms with Crippen molar-refractivity contribution >= 4 is 22.5 Å². The molecule has 0 aliphatic carbocycles. The van der Waals surface area contributed by atoms with Gasteiger partial charge in [0.05, 0.1) is 13.7 Å². The second kappa shape index (κ2) is 9.83. The van der Waals surface area contributed by atoms with Crippen LogP contribution < -0.4 is 14.8 Å². The highest BCUT2D eigenvalue weighted by molar-refractivity contribution is 7.15. The minimum absolute atomic E-state index is 0.225. The number of methoxy groups -OCH3 is 1. The molecule has 0 fully saturated rings. The van der Waals surface area contributed by atoms with Gasteiger partial charge in [-0.05, 0) is 30.7 Å². The number of aryl methyl sites for hydroxylation is 1. The van der Waals surface area contributed by atoms with Crippen LogP contribution >= 0.6 is 11.3 Å². The summed E-state index contributed by atoms with van der Waals surface area (Å²) in [7, 11) is 3.33. The lowest BCUT2D eigenvalue weighted by molar-refractivity contribution is 0.207. The first-order valence-corrected chi connectivity index (χ1v) is 9.05. The number of amides is 2. The van der Waals surface area contributed by atoms with Gasteiger partial charge in [0.1, 0.15) is 23.1 Å². The molecule has 136 valence electrons. The van der Waals surface area contributed by atoms with E-state index in [1.54, 1.807) is 19.1 Å². The SMILES string of the molecule is CCCCc1nnc(NC(=O)N(C)CCOc2ccc(OC)cc2)s1. The number of nitrogens with one attached hydrogen (secondary N) is 1. The van der Waals surface area contributed by atoms with Crippen molar-refractivity contribution < 1.29 is 14.3 Å². The molecular weight excluding hydrogens is 340 g/mol. The van der Waals surface area contributed by atoms with Gasteiger partial charge in [-0.2, -0.15) is 0 Å². The first-order chi connectivity index (χ1) is 12.1. The minimum atomic E-state index is -0.225. The molecule has 0 saturated carbocycles. The number of urea groups is 1. The molecule has 1 N–H and O–H groups in total. The van der Waals surface area contributed by atoms with Gasteiger partial charge in [-0.3, -0.25) is 5.32 Å². The Morgan fingerprint density at radius 3 is 2.64 bits per heavy atom. The molecule has 0 bridgehead atoms. The molecule has 0 spiro atoms. The number of hydrogen-bond acceptors (Lipinski definition) is 6. The zero-order valence-electron chi connectivity index (χ0n) is 14.8. The third-order valence-electron chi connectivity index (χ3n) is 3.53. The highest BCUT2D eigenvalue weighted by Crippen LogP contribution is 2.18. The molecule has 2 rings (SSSR count). The quantitative estimate of drug-likeness (QED) is 0.738. The number of ether oxygens (including phenoxy) is 2. The van der Waals surface area contributed by atoms with E-state index in [-0.39, 0.29) is 6.03 Å². The lowest BCUT2D eigenvalue weighted by Crippen LogP contribution is -2.34. The summed E-state index contributed by atoms with van der Waals surface area (Å²) in [4.78, 5) is 13.7. The van der Waals surface area contributed by atoms with Crippen LogP contribution in [0.3, 0.4) is 0 Å². The van der Waals surface area contributed by atoms with Crippen LogP contribution in [0.4, 0.5) is 9.93 Å². The normalized spacial score (nSPS) is 10.4. The van der Waals surface area contributed by atoms with E-state index in [4.69, 9.17) is 9.47 Å². The Kier molecular flexibility index (Phi) is 7.46. The predicted molar refractivity (Wildman–Crippen MR) is 98.7 cm³/mol. The van der Waals surface area contributed by atoms with Crippen molar-refractivity contribution in [2.24, 2.45) is 0 Å². The topological polar surface area (TPSA) is 76.6 Å². The number of hydrogen-bond donors (Lipinski definition) is 1. The maximum atomic E-state index is 12.1. The summed E-state index contributed by atoms with van der Waals surface area (Å²) in [5.41, 5.74) is 0. The van der Waals surface area contributed by atoms with Gasteiger partial charge >= 0.3 is 6.03 Å². The van der Waals surface area contributed by atoms with Crippen molar-refractivity contribution in [1.29, 1.82) is 0 Å². The first-order valence-electron chi connectivity index (χ1n) is 8.23. The number of benzene rings is 1. The molecule has 1 heterocycles. The van der Waals surface area contributed by atoms with Gasteiger partial charge in [-0.15, -0.1) is 10.2 Å². The number of likely N-dealkylation sites (N-methyl/N-ethyl adjacent to an activating group) is 1. The molecule has 7 nitrogen and oxygen atoms in total. The van der Waals surface area contributed by atoms with Gasteiger partial charge in [-0.1, -0.05) is 24.7 Å². The monoisotopic (exact) mass is 364 g/mol. The molecule has 0 saturated heterocycles. The third kappa shape index (κ3) is 6.22. The van der Waals surface area contributed by atoms with Gasteiger partial charge in [0.15, 0.2) is 0 Å². The second-order valence-electron chi connectivity index (χ2n) is 5.48. The standard InChI is InChI=1S/C17H24N4O3S/c1-4-5-6-15-19-20-16(25-15)18-17(22)21(2)11-12-24-14-9-7-13(23-3)8-10-14/h7-10H,4-6,11-12H2,1-3H3,(H,18,20,22). The summed E-state index contributed by atoms with van der Waals surface area (Å²) in [5, 5.41) is 12.3. The molecule has 0 atom stereocenters. The van der Waals surface area contributed by atoms with Crippen LogP contribution in [0.15, 0.2) is 24.3 Å². The lowest BCUT2D eigenvalue weighted by atomic mass is 10.3. The van der Waals surface area contributed by atoms with Crippen LogP contribution in [0.1, 0.15) is 24.8 Å². The van der Waals surface area contributed by atoms with E-state index < -0.39 is 0 Å². The summed E-state index contributed by atoms with van der Waals surface area (Å²) in [6.45, 7) is 2.99. The number of aromatic nitrogens is 2. The number of rotatable bonds is 9. The van der Waals surface area contributed by atoms with E-state index in [1.165, 1.54) is 11.3 Å². The number of nitrogens with zero attached hydrogens (tertiary/aromatic N) is 3. The predicted octanol–water partition coefficient (Wildman–Crippen LogP) is 3.43. The van der Waals surface area contributed by atoms with Crippen LogP contribution in [0.2, 0.25) is 0 Å². The molecule has 1 aromatic carbocycles. The largest absolute Gasteiger partial charge is 0.497 e. The van der Waals surface area contributed by atoms with E-state index in [0.29, 0.717) is 18.3 Å². The smallest absolute Gasteiger partial charge is 0.323 e. The van der Waals surface area contributed by atoms with Crippen molar-refractivity contribution in [2.75, 3.05) is 32.6 Å². The fourth-order valence-corrected chi connectivity index (χ4v) is 2.77. The maximum Gasteiger partial charge on any atom is 0.323 e. The summed E-state index contributed by atoms with van der Waals surface area (Å²) in [5.74, 6) is 1.51. The average Bonchev–Trinajstić information content (AvgIpc) is 3.07. The number of carbonyl (C=O) groups excluding carboxylic acids is 1. The van der Waals surface area contributed by atoms with Crippen LogP contribution in [-0.2, 0) is 6.42 Å². The number of carbonyl (C=O) groups is 1. The summed E-state index contributed by atoms with van der Waals surface area (Å²) < 4.78 is 10.7. The van der Waals surface area contributed by atoms with Crippen molar-refractivity contribution in [3.63, 3.8) is 0 Å². The van der Waals surface area contributed by atoms with Crippen molar-refractivity contribution in [2.45, 2.75) is 26.2 Å². The summed E-state index contributed by atoms with van der Waals surface area (Å²) >= 11 is 1.42. The van der Waals surface area contributed by atoms with Crippen LogP contribution in [0.25, 0.3) is 0 Å². The van der Waals surface area contributed by atoms with Gasteiger partial charge in [0.25, 0.3) is 0 Å². The Morgan fingerprint density at radius 1 is 1.24 bits per heavy atom. The van der Waals surface area contributed by atoms with Gasteiger partial charge in [0, 0.05) is 13.5 Å². The molecule has 8 heteroatoms. The van der Waals surface area contributed by atoms with Crippen LogP contribution in [0.5, 0.6) is 11.5 Å². The Morgan fingerprint density at radius 2 is 1.96 bits per heavy atom. The minimum Gasteiger partial charge on any atom is -0.497 e. The molecule has 1 aromatic heterocycles. The molecule has 0 aliphatic rings. The van der Waals surface area contributed by atoms with E-state index in [2.05, 4.69) is 22.4 Å². The maximum absolute atomic E-state index is 12.1. The molecular formula is C17H24N4O3S. The van der Waals surface area contributed by atoms with Crippen molar-refractivity contribution in [1.82, 2.24) is 15.1 Å². The van der Waals surface area contributed by atoms with Crippen molar-refractivity contribution in [3.8, 4) is 11.5 Å². The summed E-state index contributed by atoms with van der Waals surface area (Å²) in [6, 6.07) is 7.10. The number of unbranched alkanes of at least 4 members (excludes halogenated alkanes) is 1. The van der Waals surface area contributed by atoms with Gasteiger partial charge in [0.2, 0.25) is 5.13 Å². The second-order valence-corrected chi connectivity index (χ2v) is 6.54. The molecule has 0 aliphatic heterocycles. The zero-order valence-corrected chi connectivity index (χ0v) is 15.6. The zero-order chi connectivity index (χ0) is 18.1. The van der Waals surface area contributed by atoms with E-state index in [1.807, 2.05) is 24.3 Å². The Hall–Kier alpha value is -2.35. The number of anilines is 1. The molecule has 25 heavy (non-hydrogen) atoms. The fraction of sp³-hybridized carbons (Fsp3) is 0.471. The highest BCUT2D eigenvalue weighted by Gasteiger charge is 2.12. The molecule has 0 unspecified atom stereocenters. The Bertz CT molecular complexity index is 660. The molecule has 2 amide bonds. The first kappa shape index (κ1) is 19.0. The molecule has 0 radical (unpaired) electrons. The Balaban J connectivity index is 1.73.